The van der Waals surface area contributed by atoms with Crippen LogP contribution in [0.2, 0.25) is 0 Å². The third-order valence-corrected chi connectivity index (χ3v) is 4.62. The number of para-hydroxylation sites is 1. The Labute approximate surface area is 162 Å². The Balaban J connectivity index is 1.64. The highest BCUT2D eigenvalue weighted by Crippen LogP contribution is 2.25. The van der Waals surface area contributed by atoms with Gasteiger partial charge < -0.3 is 4.57 Å². The first-order chi connectivity index (χ1) is 13.7. The van der Waals surface area contributed by atoms with E-state index in [9.17, 15) is 4.79 Å². The van der Waals surface area contributed by atoms with Gasteiger partial charge in [-0.15, -0.1) is 0 Å². The van der Waals surface area contributed by atoms with E-state index < -0.39 is 5.91 Å². The Hall–Kier alpha value is -3.80. The van der Waals surface area contributed by atoms with E-state index in [-0.39, 0.29) is 5.69 Å². The molecule has 0 radical (unpaired) electrons. The van der Waals surface area contributed by atoms with Crippen molar-refractivity contribution in [3.8, 4) is 0 Å². The summed E-state index contributed by atoms with van der Waals surface area (Å²) in [7, 11) is 0. The predicted octanol–water partition coefficient (Wildman–Crippen LogP) is 3.55. The lowest BCUT2D eigenvalue weighted by Crippen LogP contribution is -2.19. The van der Waals surface area contributed by atoms with E-state index in [0.717, 1.165) is 28.7 Å². The van der Waals surface area contributed by atoms with Crippen LogP contribution in [0, 0.1) is 6.92 Å². The molecular weight excluding hydrogens is 350 g/mol. The highest BCUT2D eigenvalue weighted by molar-refractivity contribution is 6.01. The molecule has 0 unspecified atom stereocenters. The summed E-state index contributed by atoms with van der Waals surface area (Å²) in [5, 5.41) is 5.23. The monoisotopic (exact) mass is 369 g/mol. The molecule has 1 amide bonds. The zero-order chi connectivity index (χ0) is 19.3. The molecule has 0 aliphatic carbocycles. The van der Waals surface area contributed by atoms with E-state index in [2.05, 4.69) is 56.3 Å². The van der Waals surface area contributed by atoms with Gasteiger partial charge in [0.25, 0.3) is 5.91 Å². The fourth-order valence-electron chi connectivity index (χ4n) is 3.22. The molecule has 4 aromatic rings. The van der Waals surface area contributed by atoms with Gasteiger partial charge >= 0.3 is 0 Å². The molecular formula is C22H19N5O. The minimum atomic E-state index is -0.393. The summed E-state index contributed by atoms with van der Waals surface area (Å²) in [5.41, 5.74) is 7.16. The van der Waals surface area contributed by atoms with Crippen LogP contribution < -0.4 is 5.43 Å². The highest BCUT2D eigenvalue weighted by Gasteiger charge is 2.13. The molecule has 0 aliphatic rings. The van der Waals surface area contributed by atoms with E-state index in [1.165, 1.54) is 24.2 Å². The Kier molecular flexibility index (Phi) is 4.93. The summed E-state index contributed by atoms with van der Waals surface area (Å²) in [5.74, 6) is -0.393. The molecule has 0 spiro atoms. The average molecular weight is 369 g/mol. The van der Waals surface area contributed by atoms with E-state index in [1.54, 1.807) is 6.21 Å². The number of carbonyl (C=O) groups excluding carboxylic acids is 1. The number of fused-ring (bicyclic) bond motifs is 1. The van der Waals surface area contributed by atoms with E-state index in [1.807, 2.05) is 30.3 Å². The van der Waals surface area contributed by atoms with Crippen LogP contribution in [0.5, 0.6) is 0 Å². The maximum absolute atomic E-state index is 12.1. The molecule has 28 heavy (non-hydrogen) atoms. The van der Waals surface area contributed by atoms with Gasteiger partial charge in [0, 0.05) is 41.1 Å². The molecule has 6 heteroatoms. The van der Waals surface area contributed by atoms with Crippen molar-refractivity contribution >= 4 is 23.0 Å². The zero-order valence-corrected chi connectivity index (χ0v) is 15.4. The fourth-order valence-corrected chi connectivity index (χ4v) is 3.22. The lowest BCUT2D eigenvalue weighted by molar-refractivity contribution is 0.0949. The molecule has 0 saturated heterocycles. The Morgan fingerprint density at radius 2 is 1.89 bits per heavy atom. The number of nitrogens with one attached hydrogen (secondary N) is 1. The van der Waals surface area contributed by atoms with Gasteiger partial charge in [0.15, 0.2) is 0 Å². The van der Waals surface area contributed by atoms with Crippen molar-refractivity contribution in [2.45, 2.75) is 13.5 Å². The zero-order valence-electron chi connectivity index (χ0n) is 15.4. The molecule has 6 nitrogen and oxygen atoms in total. The van der Waals surface area contributed by atoms with Crippen molar-refractivity contribution in [3.63, 3.8) is 0 Å². The second-order valence-corrected chi connectivity index (χ2v) is 6.38. The van der Waals surface area contributed by atoms with Crippen molar-refractivity contribution in [2.24, 2.45) is 5.10 Å². The van der Waals surface area contributed by atoms with E-state index in [0.29, 0.717) is 0 Å². The van der Waals surface area contributed by atoms with Crippen molar-refractivity contribution < 1.29 is 4.79 Å². The smallest absolute Gasteiger partial charge is 0.291 e. The van der Waals surface area contributed by atoms with Crippen LogP contribution in [0.1, 0.15) is 27.3 Å². The average Bonchev–Trinajstić information content (AvgIpc) is 3.01. The standard InChI is InChI=1S/C22H19N5O/c1-16-19(13-25-26-22(28)20-14-23-11-12-24-20)18-9-5-6-10-21(18)27(16)15-17-7-3-2-4-8-17/h2-14H,15H2,1H3,(H,26,28)/b25-13+. The number of benzene rings is 2. The third kappa shape index (κ3) is 3.53. The number of hydrogen-bond acceptors (Lipinski definition) is 4. The second kappa shape index (κ2) is 7.84. The first-order valence-electron chi connectivity index (χ1n) is 8.95. The maximum atomic E-state index is 12.1. The van der Waals surface area contributed by atoms with Gasteiger partial charge in [0.05, 0.1) is 12.4 Å². The van der Waals surface area contributed by atoms with Crippen LogP contribution in [0.3, 0.4) is 0 Å². The third-order valence-electron chi connectivity index (χ3n) is 4.62. The van der Waals surface area contributed by atoms with Crippen LogP contribution in [0.25, 0.3) is 10.9 Å². The molecule has 0 fully saturated rings. The molecule has 138 valence electrons. The molecule has 2 aromatic carbocycles. The van der Waals surface area contributed by atoms with Crippen LogP contribution in [0.15, 0.2) is 78.3 Å². The predicted molar refractivity (Wildman–Crippen MR) is 109 cm³/mol. The van der Waals surface area contributed by atoms with Gasteiger partial charge in [0.1, 0.15) is 5.69 Å². The lowest BCUT2D eigenvalue weighted by atomic mass is 10.1. The highest BCUT2D eigenvalue weighted by atomic mass is 16.2. The molecule has 2 heterocycles. The number of hydrogen-bond donors (Lipinski definition) is 1. The number of nitrogens with zero attached hydrogens (tertiary/aromatic N) is 4. The van der Waals surface area contributed by atoms with Crippen LogP contribution in [0.4, 0.5) is 0 Å². The Morgan fingerprint density at radius 1 is 1.11 bits per heavy atom. The molecule has 0 bridgehead atoms. The van der Waals surface area contributed by atoms with Crippen molar-refractivity contribution in [2.75, 3.05) is 0 Å². The number of hydrazone groups is 1. The minimum absolute atomic E-state index is 0.225. The van der Waals surface area contributed by atoms with Gasteiger partial charge in [-0.1, -0.05) is 48.5 Å². The van der Waals surface area contributed by atoms with Gasteiger partial charge in [-0.05, 0) is 18.6 Å². The molecule has 0 saturated carbocycles. The fraction of sp³-hybridized carbons (Fsp3) is 0.0909. The van der Waals surface area contributed by atoms with Crippen molar-refractivity contribution in [3.05, 3.63) is 95.7 Å². The molecule has 0 aliphatic heterocycles. The van der Waals surface area contributed by atoms with Gasteiger partial charge in [-0.3, -0.25) is 9.78 Å². The Bertz CT molecular complexity index is 1130. The lowest BCUT2D eigenvalue weighted by Gasteiger charge is -2.08. The van der Waals surface area contributed by atoms with Crippen LogP contribution in [-0.4, -0.2) is 26.7 Å². The van der Waals surface area contributed by atoms with Gasteiger partial charge in [0.2, 0.25) is 0 Å². The Morgan fingerprint density at radius 3 is 2.68 bits per heavy atom. The quantitative estimate of drug-likeness (QED) is 0.432. The maximum Gasteiger partial charge on any atom is 0.291 e. The molecule has 1 N–H and O–H groups in total. The summed E-state index contributed by atoms with van der Waals surface area (Å²) in [6.45, 7) is 2.84. The second-order valence-electron chi connectivity index (χ2n) is 6.38. The first-order valence-corrected chi connectivity index (χ1v) is 8.95. The first kappa shape index (κ1) is 17.6. The van der Waals surface area contributed by atoms with Crippen LogP contribution >= 0.6 is 0 Å². The summed E-state index contributed by atoms with van der Waals surface area (Å²) in [6, 6.07) is 18.5. The number of amides is 1. The molecule has 2 aromatic heterocycles. The molecule has 0 atom stereocenters. The number of carbonyl (C=O) groups is 1. The molecule has 4 rings (SSSR count). The van der Waals surface area contributed by atoms with Crippen molar-refractivity contribution in [1.82, 2.24) is 20.0 Å². The normalized spacial score (nSPS) is 11.2. The van der Waals surface area contributed by atoms with Crippen molar-refractivity contribution in [1.29, 1.82) is 0 Å². The SMILES string of the molecule is Cc1c(/C=N/NC(=O)c2cnccn2)c2ccccc2n1Cc1ccccc1. The van der Waals surface area contributed by atoms with E-state index >= 15 is 0 Å². The minimum Gasteiger partial charge on any atom is -0.340 e. The largest absolute Gasteiger partial charge is 0.340 e. The van der Waals surface area contributed by atoms with Gasteiger partial charge in [-0.25, -0.2) is 10.4 Å². The number of rotatable bonds is 5. The summed E-state index contributed by atoms with van der Waals surface area (Å²) >= 11 is 0. The van der Waals surface area contributed by atoms with Crippen LogP contribution in [-0.2, 0) is 6.54 Å². The summed E-state index contributed by atoms with van der Waals surface area (Å²) < 4.78 is 2.26. The van der Waals surface area contributed by atoms with E-state index in [4.69, 9.17) is 0 Å². The van der Waals surface area contributed by atoms with Gasteiger partial charge in [-0.2, -0.15) is 5.10 Å². The number of aromatic nitrogens is 3. The topological polar surface area (TPSA) is 72.2 Å². The summed E-state index contributed by atoms with van der Waals surface area (Å²) in [6.07, 6.45) is 6.08. The summed E-state index contributed by atoms with van der Waals surface area (Å²) in [4.78, 5) is 20.0.